The van der Waals surface area contributed by atoms with E-state index in [2.05, 4.69) is 20.7 Å². The number of ketones is 1. The fourth-order valence-electron chi connectivity index (χ4n) is 1.17. The number of carbonyl (C=O) groups excluding carboxylic acids is 2. The molecule has 0 heterocycles. The van der Waals surface area contributed by atoms with E-state index in [9.17, 15) is 22.8 Å². The van der Waals surface area contributed by atoms with Crippen LogP contribution in [0.15, 0.2) is 16.6 Å². The van der Waals surface area contributed by atoms with Crippen molar-refractivity contribution in [2.24, 2.45) is 0 Å². The molecule has 1 aromatic carbocycles. The Hall–Kier alpha value is -1.37. The molecule has 0 unspecified atom stereocenters. The molecule has 3 nitrogen and oxygen atoms in total. The van der Waals surface area contributed by atoms with Crippen molar-refractivity contribution in [1.29, 1.82) is 0 Å². The van der Waals surface area contributed by atoms with Gasteiger partial charge in [0.15, 0.2) is 12.1 Å². The standard InChI is InChI=1S/C10H6BrF3O3/c1-5(16)6-2-3-8(17-10(12,13)14)7(4-15)9(6)11/h2-4H,1H3. The van der Waals surface area contributed by atoms with Crippen molar-refractivity contribution >= 4 is 28.0 Å². The highest BCUT2D eigenvalue weighted by atomic mass is 79.9. The zero-order valence-electron chi connectivity index (χ0n) is 8.47. The van der Waals surface area contributed by atoms with E-state index in [1.807, 2.05) is 0 Å². The highest BCUT2D eigenvalue weighted by Gasteiger charge is 2.32. The lowest BCUT2D eigenvalue weighted by molar-refractivity contribution is -0.274. The summed E-state index contributed by atoms with van der Waals surface area (Å²) < 4.78 is 39.7. The van der Waals surface area contributed by atoms with Gasteiger partial charge in [0, 0.05) is 10.0 Å². The van der Waals surface area contributed by atoms with Crippen molar-refractivity contribution < 1.29 is 27.5 Å². The van der Waals surface area contributed by atoms with E-state index in [4.69, 9.17) is 0 Å². The Morgan fingerprint density at radius 1 is 1.41 bits per heavy atom. The van der Waals surface area contributed by atoms with E-state index in [1.54, 1.807) is 0 Å². The minimum Gasteiger partial charge on any atom is -0.405 e. The average molecular weight is 311 g/mol. The number of hydrogen-bond acceptors (Lipinski definition) is 3. The lowest BCUT2D eigenvalue weighted by Crippen LogP contribution is -2.18. The van der Waals surface area contributed by atoms with E-state index in [0.29, 0.717) is 0 Å². The number of hydrogen-bond donors (Lipinski definition) is 0. The van der Waals surface area contributed by atoms with Gasteiger partial charge in [-0.15, -0.1) is 13.2 Å². The minimum atomic E-state index is -4.89. The molecule has 92 valence electrons. The van der Waals surface area contributed by atoms with Crippen molar-refractivity contribution in [1.82, 2.24) is 0 Å². The minimum absolute atomic E-state index is 0.0123. The first-order valence-electron chi connectivity index (χ1n) is 4.30. The normalized spacial score (nSPS) is 11.1. The predicted octanol–water partition coefficient (Wildman–Crippen LogP) is 3.36. The summed E-state index contributed by atoms with van der Waals surface area (Å²) in [5, 5.41) is 0. The van der Waals surface area contributed by atoms with E-state index in [-0.39, 0.29) is 27.7 Å². The number of alkyl halides is 3. The fraction of sp³-hybridized carbons (Fsp3) is 0.200. The van der Waals surface area contributed by atoms with Crippen molar-refractivity contribution in [3.8, 4) is 5.75 Å². The van der Waals surface area contributed by atoms with Crippen LogP contribution in [0.25, 0.3) is 0 Å². The van der Waals surface area contributed by atoms with Gasteiger partial charge in [-0.2, -0.15) is 0 Å². The van der Waals surface area contributed by atoms with Gasteiger partial charge in [0.2, 0.25) is 0 Å². The molecule has 1 aromatic rings. The molecule has 0 N–H and O–H groups in total. The smallest absolute Gasteiger partial charge is 0.405 e. The van der Waals surface area contributed by atoms with Gasteiger partial charge in [0.25, 0.3) is 0 Å². The highest BCUT2D eigenvalue weighted by molar-refractivity contribution is 9.10. The van der Waals surface area contributed by atoms with Crippen LogP contribution in [0.3, 0.4) is 0 Å². The molecule has 0 saturated heterocycles. The van der Waals surface area contributed by atoms with Crippen LogP contribution in [0.2, 0.25) is 0 Å². The zero-order chi connectivity index (χ0) is 13.2. The molecule has 0 radical (unpaired) electrons. The van der Waals surface area contributed by atoms with Crippen molar-refractivity contribution in [2.45, 2.75) is 13.3 Å². The van der Waals surface area contributed by atoms with Crippen LogP contribution >= 0.6 is 15.9 Å². The molecule has 0 fully saturated rings. The summed E-state index contributed by atoms with van der Waals surface area (Å²) in [5.74, 6) is -1.03. The van der Waals surface area contributed by atoms with Crippen LogP contribution in [0.4, 0.5) is 13.2 Å². The third-order valence-electron chi connectivity index (χ3n) is 1.86. The van der Waals surface area contributed by atoms with E-state index in [1.165, 1.54) is 6.92 Å². The largest absolute Gasteiger partial charge is 0.573 e. The Kier molecular flexibility index (Phi) is 3.92. The molecule has 0 bridgehead atoms. The molecule has 0 spiro atoms. The SMILES string of the molecule is CC(=O)c1ccc(OC(F)(F)F)c(C=O)c1Br. The number of benzene rings is 1. The van der Waals surface area contributed by atoms with Gasteiger partial charge in [-0.3, -0.25) is 9.59 Å². The van der Waals surface area contributed by atoms with Crippen LogP contribution in [0, 0.1) is 0 Å². The molecule has 7 heteroatoms. The summed E-state index contributed by atoms with van der Waals surface area (Å²) in [4.78, 5) is 21.8. The molecule has 0 amide bonds. The van der Waals surface area contributed by atoms with Gasteiger partial charge >= 0.3 is 6.36 Å². The number of aldehydes is 1. The van der Waals surface area contributed by atoms with E-state index >= 15 is 0 Å². The monoisotopic (exact) mass is 310 g/mol. The summed E-state index contributed by atoms with van der Waals surface area (Å²) >= 11 is 2.90. The summed E-state index contributed by atoms with van der Waals surface area (Å²) in [6.45, 7) is 1.24. The second-order valence-electron chi connectivity index (χ2n) is 3.06. The van der Waals surface area contributed by atoms with Gasteiger partial charge in [0.05, 0.1) is 5.56 Å². The van der Waals surface area contributed by atoms with Crippen LogP contribution in [-0.2, 0) is 0 Å². The number of Topliss-reactive ketones (excluding diaryl/α,β-unsaturated/α-hetero) is 1. The van der Waals surface area contributed by atoms with Crippen LogP contribution in [-0.4, -0.2) is 18.4 Å². The Morgan fingerprint density at radius 3 is 2.41 bits per heavy atom. The first kappa shape index (κ1) is 13.7. The third-order valence-corrected chi connectivity index (χ3v) is 2.72. The maximum atomic E-state index is 12.0. The molecular weight excluding hydrogens is 305 g/mol. The fourth-order valence-corrected chi connectivity index (χ4v) is 1.87. The number of halogens is 4. The predicted molar refractivity (Wildman–Crippen MR) is 56.2 cm³/mol. The zero-order valence-corrected chi connectivity index (χ0v) is 10.1. The van der Waals surface area contributed by atoms with Crippen molar-refractivity contribution in [3.63, 3.8) is 0 Å². The van der Waals surface area contributed by atoms with Gasteiger partial charge in [0.1, 0.15) is 5.75 Å². The molecule has 0 atom stereocenters. The summed E-state index contributed by atoms with van der Waals surface area (Å²) in [5.41, 5.74) is -0.239. The Morgan fingerprint density at radius 2 is 2.00 bits per heavy atom. The summed E-state index contributed by atoms with van der Waals surface area (Å²) in [7, 11) is 0. The molecule has 0 aromatic heterocycles. The van der Waals surface area contributed by atoms with Crippen LogP contribution in [0.5, 0.6) is 5.75 Å². The van der Waals surface area contributed by atoms with Gasteiger partial charge < -0.3 is 4.74 Å². The first-order chi connectivity index (χ1) is 7.76. The molecule has 0 aliphatic carbocycles. The van der Waals surface area contributed by atoms with Gasteiger partial charge in [-0.05, 0) is 35.0 Å². The lowest BCUT2D eigenvalue weighted by Gasteiger charge is -2.12. The third kappa shape index (κ3) is 3.29. The molecule has 1 rings (SSSR count). The maximum absolute atomic E-state index is 12.0. The van der Waals surface area contributed by atoms with E-state index < -0.39 is 12.1 Å². The van der Waals surface area contributed by atoms with E-state index in [0.717, 1.165) is 12.1 Å². The van der Waals surface area contributed by atoms with Gasteiger partial charge in [-0.25, -0.2) is 0 Å². The highest BCUT2D eigenvalue weighted by Crippen LogP contribution is 2.32. The number of carbonyl (C=O) groups is 2. The van der Waals surface area contributed by atoms with Crippen molar-refractivity contribution in [2.75, 3.05) is 0 Å². The molecule has 0 saturated carbocycles. The first-order valence-corrected chi connectivity index (χ1v) is 5.10. The molecule has 0 aliphatic rings. The Labute approximate surface area is 103 Å². The quantitative estimate of drug-likeness (QED) is 0.635. The number of rotatable bonds is 3. The topological polar surface area (TPSA) is 43.4 Å². The van der Waals surface area contributed by atoms with Crippen LogP contribution < -0.4 is 4.74 Å². The van der Waals surface area contributed by atoms with Crippen LogP contribution in [0.1, 0.15) is 27.6 Å². The summed E-state index contributed by atoms with van der Waals surface area (Å²) in [6, 6.07) is 2.08. The second kappa shape index (κ2) is 4.87. The molecule has 17 heavy (non-hydrogen) atoms. The van der Waals surface area contributed by atoms with Gasteiger partial charge in [-0.1, -0.05) is 0 Å². The molecular formula is C10H6BrF3O3. The lowest BCUT2D eigenvalue weighted by atomic mass is 10.1. The molecule has 0 aliphatic heterocycles. The van der Waals surface area contributed by atoms with Crippen molar-refractivity contribution in [3.05, 3.63) is 27.7 Å². The maximum Gasteiger partial charge on any atom is 0.573 e. The summed E-state index contributed by atoms with van der Waals surface area (Å²) in [6.07, 6.45) is -4.70. The second-order valence-corrected chi connectivity index (χ2v) is 3.85. The average Bonchev–Trinajstić information content (AvgIpc) is 2.15. The Bertz CT molecular complexity index is 469. The Balaban J connectivity index is 3.31. The number of ether oxygens (including phenoxy) is 1.